The van der Waals surface area contributed by atoms with E-state index in [1.165, 1.54) is 51.4 Å². The fourth-order valence-electron chi connectivity index (χ4n) is 10.4. The van der Waals surface area contributed by atoms with Gasteiger partial charge in [-0.1, -0.05) is 13.3 Å². The van der Waals surface area contributed by atoms with Crippen LogP contribution in [0.2, 0.25) is 0 Å². The maximum atomic E-state index is 12.4. The number of aromatic nitrogens is 2. The molecule has 0 spiro atoms. The fraction of sp³-hybridized carbons (Fsp3) is 0.793. The van der Waals surface area contributed by atoms with E-state index in [9.17, 15) is 15.2 Å². The minimum absolute atomic E-state index is 0.169. The second-order valence-corrected chi connectivity index (χ2v) is 13.0. The first-order chi connectivity index (χ1) is 16.3. The molecule has 6 rings (SSSR count). The molecule has 1 heterocycles. The Bertz CT molecular complexity index is 1050. The van der Waals surface area contributed by atoms with Crippen LogP contribution in [-0.2, 0) is 11.3 Å². The lowest BCUT2D eigenvalue weighted by Crippen LogP contribution is -2.51. The molecule has 0 amide bonds. The zero-order valence-corrected chi connectivity index (χ0v) is 20.7. The van der Waals surface area contributed by atoms with Crippen molar-refractivity contribution < 1.29 is 9.90 Å². The summed E-state index contributed by atoms with van der Waals surface area (Å²) in [5, 5.41) is 24.3. The lowest BCUT2D eigenvalue weighted by Gasteiger charge is -2.57. The van der Waals surface area contributed by atoms with Crippen molar-refractivity contribution in [3.63, 3.8) is 0 Å². The summed E-state index contributed by atoms with van der Waals surface area (Å²) in [6.07, 6.45) is 15.4. The first kappa shape index (κ1) is 22.6. The van der Waals surface area contributed by atoms with E-state index in [0.29, 0.717) is 35.8 Å². The largest absolute Gasteiger partial charge is 0.390 e. The Labute approximate surface area is 203 Å². The first-order valence-corrected chi connectivity index (χ1v) is 13.7. The lowest BCUT2D eigenvalue weighted by atomic mass is 9.48. The second kappa shape index (κ2) is 8.07. The molecule has 5 heteroatoms. The van der Waals surface area contributed by atoms with Crippen molar-refractivity contribution in [1.82, 2.24) is 9.78 Å². The van der Waals surface area contributed by atoms with E-state index < -0.39 is 5.60 Å². The number of allylic oxidation sites excluding steroid dienone is 1. The Morgan fingerprint density at radius 2 is 1.85 bits per heavy atom. The number of rotatable bonds is 3. The Morgan fingerprint density at radius 3 is 2.62 bits per heavy atom. The Morgan fingerprint density at radius 1 is 1.09 bits per heavy atom. The van der Waals surface area contributed by atoms with Gasteiger partial charge in [0.25, 0.3) is 0 Å². The fourth-order valence-corrected chi connectivity index (χ4v) is 10.4. The van der Waals surface area contributed by atoms with Gasteiger partial charge in [0.15, 0.2) is 0 Å². The Balaban J connectivity index is 1.30. The van der Waals surface area contributed by atoms with E-state index in [0.717, 1.165) is 42.1 Å². The molecule has 0 aromatic carbocycles. The molecule has 0 aliphatic heterocycles. The SMILES string of the molecule is C[C@@]1(O)CC[C@H]2C(CCC3C4[C@@H]5CCC[C@@H]5[C@H](C(=C=O)Cn5cc(C#N)cn5)[C@@]4(C)CC[C@@H]32)C1. The number of hydrogen-bond acceptors (Lipinski definition) is 4. The molecule has 1 aromatic heterocycles. The molecule has 182 valence electrons. The van der Waals surface area contributed by atoms with Crippen LogP contribution in [0, 0.1) is 64.1 Å². The maximum Gasteiger partial charge on any atom is 0.125 e. The van der Waals surface area contributed by atoms with E-state index >= 15 is 0 Å². The van der Waals surface area contributed by atoms with Crippen LogP contribution in [0.4, 0.5) is 0 Å². The summed E-state index contributed by atoms with van der Waals surface area (Å²) in [6, 6.07) is 2.15. The van der Waals surface area contributed by atoms with Crippen molar-refractivity contribution in [1.29, 1.82) is 5.26 Å². The average molecular weight is 462 g/mol. The third kappa shape index (κ3) is 3.36. The molecule has 1 aromatic rings. The molecule has 1 N–H and O–H groups in total. The molecule has 34 heavy (non-hydrogen) atoms. The third-order valence-electron chi connectivity index (χ3n) is 11.4. The summed E-state index contributed by atoms with van der Waals surface area (Å²) in [5.74, 6) is 7.83. The molecule has 0 radical (unpaired) electrons. The van der Waals surface area contributed by atoms with Crippen LogP contribution in [0.25, 0.3) is 0 Å². The molecular weight excluding hydrogens is 422 g/mol. The van der Waals surface area contributed by atoms with Crippen molar-refractivity contribution in [3.8, 4) is 6.07 Å². The molecular formula is C29H39N3O2. The van der Waals surface area contributed by atoms with Gasteiger partial charge >= 0.3 is 0 Å². The third-order valence-corrected chi connectivity index (χ3v) is 11.4. The van der Waals surface area contributed by atoms with Crippen LogP contribution < -0.4 is 0 Å². The molecule has 10 atom stereocenters. The van der Waals surface area contributed by atoms with Crippen LogP contribution in [0.3, 0.4) is 0 Å². The van der Waals surface area contributed by atoms with Crippen LogP contribution in [0.5, 0.6) is 0 Å². The number of nitriles is 1. The van der Waals surface area contributed by atoms with Crippen LogP contribution in [0.1, 0.15) is 83.6 Å². The summed E-state index contributed by atoms with van der Waals surface area (Å²) >= 11 is 0. The molecule has 5 aliphatic carbocycles. The van der Waals surface area contributed by atoms with Gasteiger partial charge in [-0.3, -0.25) is 4.68 Å². The normalized spacial score (nSPS) is 47.0. The van der Waals surface area contributed by atoms with Gasteiger partial charge < -0.3 is 5.11 Å². The van der Waals surface area contributed by atoms with E-state index in [2.05, 4.69) is 24.0 Å². The van der Waals surface area contributed by atoms with Crippen LogP contribution >= 0.6 is 0 Å². The summed E-state index contributed by atoms with van der Waals surface area (Å²) in [6.45, 7) is 5.02. The van der Waals surface area contributed by atoms with Crippen LogP contribution in [-0.4, -0.2) is 26.4 Å². The molecule has 0 bridgehead atoms. The predicted molar refractivity (Wildman–Crippen MR) is 129 cm³/mol. The topological polar surface area (TPSA) is 78.9 Å². The standard InChI is InChI=1S/C29H39N3O2/c1-28(34)10-8-21-19(12-28)6-7-25-22(21)9-11-29(2)26(23-4-3-5-24(23)27(25)29)20(17-33)16-32-15-18(13-30)14-31-32/h14-15,19,21-27,34H,3-12,16H2,1-2H3/t19?,21-,22+,23-,24+,25?,26-,27?,28+,29+/m0/s1. The van der Waals surface area contributed by atoms with Crippen LogP contribution in [0.15, 0.2) is 18.0 Å². The maximum absolute atomic E-state index is 12.4. The number of carbonyl (C=O) groups excluding carboxylic acids is 1. The predicted octanol–water partition coefficient (Wildman–Crippen LogP) is 5.17. The number of hydrogen-bond donors (Lipinski definition) is 1. The molecule has 3 unspecified atom stereocenters. The van der Waals surface area contributed by atoms with E-state index in [4.69, 9.17) is 0 Å². The van der Waals surface area contributed by atoms with Gasteiger partial charge in [0.2, 0.25) is 0 Å². The average Bonchev–Trinajstić information content (AvgIpc) is 3.51. The van der Waals surface area contributed by atoms with Crippen molar-refractivity contribution in [2.45, 2.75) is 90.2 Å². The van der Waals surface area contributed by atoms with Gasteiger partial charge in [0.05, 0.1) is 23.9 Å². The minimum atomic E-state index is -0.465. The minimum Gasteiger partial charge on any atom is -0.390 e. The number of fused-ring (bicyclic) bond motifs is 7. The smallest absolute Gasteiger partial charge is 0.125 e. The Kier molecular flexibility index (Phi) is 5.36. The highest BCUT2D eigenvalue weighted by Gasteiger charge is 2.65. The molecule has 5 aliphatic rings. The second-order valence-electron chi connectivity index (χ2n) is 13.0. The van der Waals surface area contributed by atoms with Crippen molar-refractivity contribution in [2.24, 2.45) is 52.8 Å². The number of aliphatic hydroxyl groups is 1. The summed E-state index contributed by atoms with van der Waals surface area (Å²) in [7, 11) is 0. The molecule has 5 fully saturated rings. The van der Waals surface area contributed by atoms with Gasteiger partial charge in [-0.2, -0.15) is 10.4 Å². The van der Waals surface area contributed by atoms with Gasteiger partial charge in [-0.05, 0) is 112 Å². The summed E-state index contributed by atoms with van der Waals surface area (Å²) < 4.78 is 1.77. The zero-order chi connectivity index (χ0) is 23.7. The summed E-state index contributed by atoms with van der Waals surface area (Å²) in [4.78, 5) is 12.4. The van der Waals surface area contributed by atoms with Gasteiger partial charge in [-0.25, -0.2) is 4.79 Å². The van der Waals surface area contributed by atoms with Crippen molar-refractivity contribution in [3.05, 3.63) is 23.5 Å². The van der Waals surface area contributed by atoms with E-state index in [-0.39, 0.29) is 5.41 Å². The highest BCUT2D eigenvalue weighted by molar-refractivity contribution is 5.54. The van der Waals surface area contributed by atoms with E-state index in [1.54, 1.807) is 17.1 Å². The highest BCUT2D eigenvalue weighted by atomic mass is 16.3. The quantitative estimate of drug-likeness (QED) is 0.630. The lowest BCUT2D eigenvalue weighted by molar-refractivity contribution is -0.105. The monoisotopic (exact) mass is 461 g/mol. The van der Waals surface area contributed by atoms with Gasteiger partial charge in [0, 0.05) is 17.7 Å². The van der Waals surface area contributed by atoms with Gasteiger partial charge in [-0.15, -0.1) is 0 Å². The molecule has 0 saturated heterocycles. The number of nitrogens with zero attached hydrogens (tertiary/aromatic N) is 3. The van der Waals surface area contributed by atoms with Crippen molar-refractivity contribution in [2.75, 3.05) is 0 Å². The molecule has 5 nitrogen and oxygen atoms in total. The first-order valence-electron chi connectivity index (χ1n) is 13.7. The zero-order valence-electron chi connectivity index (χ0n) is 20.7. The molecule has 5 saturated carbocycles. The van der Waals surface area contributed by atoms with Crippen molar-refractivity contribution >= 4 is 5.94 Å². The Hall–Kier alpha value is -1.89. The van der Waals surface area contributed by atoms with Gasteiger partial charge in [0.1, 0.15) is 12.0 Å². The van der Waals surface area contributed by atoms with E-state index in [1.807, 2.05) is 6.92 Å². The highest BCUT2D eigenvalue weighted by Crippen LogP contribution is 2.71. The summed E-state index contributed by atoms with van der Waals surface area (Å²) in [5.41, 5.74) is 1.13.